The average molecular weight is 466 g/mol. The van der Waals surface area contributed by atoms with E-state index in [4.69, 9.17) is 4.65 Å². The van der Waals surface area contributed by atoms with Crippen molar-refractivity contribution in [3.8, 4) is 0 Å². The van der Waals surface area contributed by atoms with E-state index in [-0.39, 0.29) is 35.5 Å². The van der Waals surface area contributed by atoms with Gasteiger partial charge in [0.25, 0.3) is 5.91 Å². The highest BCUT2D eigenvalue weighted by Crippen LogP contribution is 2.54. The predicted molar refractivity (Wildman–Crippen MR) is 140 cm³/mol. The first-order valence-corrected chi connectivity index (χ1v) is 11.9. The van der Waals surface area contributed by atoms with Crippen molar-refractivity contribution in [3.63, 3.8) is 0 Å². The topological polar surface area (TPSA) is 92.2 Å². The zero-order valence-corrected chi connectivity index (χ0v) is 21.6. The minimum absolute atomic E-state index is 0.0899. The third-order valence-corrected chi connectivity index (χ3v) is 6.71. The second kappa shape index (κ2) is 11.6. The summed E-state index contributed by atoms with van der Waals surface area (Å²) in [5.41, 5.74) is 0.659. The summed E-state index contributed by atoms with van der Waals surface area (Å²) >= 11 is 0. The van der Waals surface area contributed by atoms with Crippen LogP contribution >= 0.6 is 0 Å². The lowest BCUT2D eigenvalue weighted by Gasteiger charge is -2.59. The molecule has 2 N–H and O–H groups in total. The van der Waals surface area contributed by atoms with Crippen molar-refractivity contribution in [2.45, 2.75) is 84.2 Å². The standard InChI is InChI=1S/C26H39BN4O3/c1-9-15-29-22(28-8)24(33)30-20(17-19-13-11-10-12-14-19)23(32)31-21(16-18(2)3)27-25(4,5)26(6,7)34-27/h9-15,18,20-21H,8,16-17H2,1-7H3,(H,30,33)(H,31,32). The van der Waals surface area contributed by atoms with Gasteiger partial charge in [-0.25, -0.2) is 9.98 Å². The normalized spacial score (nSPS) is 18.8. The zero-order valence-electron chi connectivity index (χ0n) is 21.6. The molecule has 184 valence electrons. The summed E-state index contributed by atoms with van der Waals surface area (Å²) in [6.45, 7) is 17.8. The van der Waals surface area contributed by atoms with Crippen LogP contribution in [-0.4, -0.2) is 48.9 Å². The molecule has 2 rings (SSSR count). The molecule has 1 aromatic rings. The number of amides is 2. The predicted octanol–water partition coefficient (Wildman–Crippen LogP) is 4.00. The number of amidine groups is 1. The fourth-order valence-electron chi connectivity index (χ4n) is 4.13. The maximum absolute atomic E-state index is 13.5. The molecule has 1 saturated heterocycles. The number of hydrogen-bond donors (Lipinski definition) is 2. The third-order valence-electron chi connectivity index (χ3n) is 6.71. The number of allylic oxidation sites excluding steroid dienone is 1. The highest BCUT2D eigenvalue weighted by atomic mass is 16.5. The summed E-state index contributed by atoms with van der Waals surface area (Å²) < 4.78 is 6.23. The van der Waals surface area contributed by atoms with E-state index >= 15 is 0 Å². The molecule has 0 radical (unpaired) electrons. The molecule has 2 atom stereocenters. The third kappa shape index (κ3) is 6.66. The van der Waals surface area contributed by atoms with E-state index in [1.54, 1.807) is 13.0 Å². The fourth-order valence-corrected chi connectivity index (χ4v) is 4.13. The van der Waals surface area contributed by atoms with Crippen LogP contribution in [0.15, 0.2) is 52.6 Å². The number of aliphatic imine (C=N–C) groups is 2. The van der Waals surface area contributed by atoms with Crippen LogP contribution < -0.4 is 10.6 Å². The first kappa shape index (κ1) is 27.5. The molecule has 1 fully saturated rings. The van der Waals surface area contributed by atoms with Gasteiger partial charge in [-0.15, -0.1) is 0 Å². The summed E-state index contributed by atoms with van der Waals surface area (Å²) in [5.74, 6) is -0.722. The van der Waals surface area contributed by atoms with Gasteiger partial charge in [0.1, 0.15) is 6.04 Å². The molecule has 1 aromatic carbocycles. The zero-order chi connectivity index (χ0) is 25.5. The SMILES string of the molecule is C=NC(=NC=CC)C(=O)NC(Cc1ccccc1)C(=O)NC(CC(C)C)B1OC(C)(C)C1(C)C. The molecular formula is C26H39BN4O3. The van der Waals surface area contributed by atoms with Crippen molar-refractivity contribution in [2.24, 2.45) is 15.9 Å². The highest BCUT2D eigenvalue weighted by Gasteiger charge is 2.61. The first-order valence-electron chi connectivity index (χ1n) is 11.9. The van der Waals surface area contributed by atoms with Gasteiger partial charge in [0.15, 0.2) is 0 Å². The molecule has 8 heteroatoms. The van der Waals surface area contributed by atoms with E-state index in [1.165, 1.54) is 6.20 Å². The molecule has 1 aliphatic rings. The highest BCUT2D eigenvalue weighted by molar-refractivity contribution is 6.61. The number of nitrogens with zero attached hydrogens (tertiary/aromatic N) is 2. The van der Waals surface area contributed by atoms with Crippen LogP contribution in [-0.2, 0) is 20.7 Å². The monoisotopic (exact) mass is 466 g/mol. The molecule has 1 heterocycles. The van der Waals surface area contributed by atoms with Crippen LogP contribution in [0.1, 0.15) is 60.5 Å². The fraction of sp³-hybridized carbons (Fsp3) is 0.538. The van der Waals surface area contributed by atoms with E-state index in [2.05, 4.69) is 68.9 Å². The van der Waals surface area contributed by atoms with Crippen LogP contribution in [0, 0.1) is 5.92 Å². The Labute approximate surface area is 204 Å². The lowest BCUT2D eigenvalue weighted by molar-refractivity contribution is -0.127. The van der Waals surface area contributed by atoms with Gasteiger partial charge >= 0.3 is 6.92 Å². The number of carbonyl (C=O) groups excluding carboxylic acids is 2. The number of benzene rings is 1. The quantitative estimate of drug-likeness (QED) is 0.327. The van der Waals surface area contributed by atoms with Gasteiger partial charge in [-0.1, -0.05) is 64.1 Å². The van der Waals surface area contributed by atoms with Crippen molar-refractivity contribution in [1.29, 1.82) is 0 Å². The van der Waals surface area contributed by atoms with Gasteiger partial charge in [-0.05, 0) is 50.7 Å². The van der Waals surface area contributed by atoms with E-state index in [1.807, 2.05) is 30.3 Å². The number of nitrogens with one attached hydrogen (secondary N) is 2. The Morgan fingerprint density at radius 3 is 2.29 bits per heavy atom. The van der Waals surface area contributed by atoms with Gasteiger partial charge in [0.2, 0.25) is 11.7 Å². The van der Waals surface area contributed by atoms with Gasteiger partial charge in [0.05, 0.1) is 0 Å². The minimum Gasteiger partial charge on any atom is -0.428 e. The van der Waals surface area contributed by atoms with Gasteiger partial charge in [0, 0.05) is 24.2 Å². The summed E-state index contributed by atoms with van der Waals surface area (Å²) in [6, 6.07) is 8.78. The van der Waals surface area contributed by atoms with Crippen LogP contribution in [0.3, 0.4) is 0 Å². The Morgan fingerprint density at radius 1 is 1.15 bits per heavy atom. The molecular weight excluding hydrogens is 427 g/mol. The van der Waals surface area contributed by atoms with Gasteiger partial charge in [-0.2, -0.15) is 0 Å². The van der Waals surface area contributed by atoms with Crippen molar-refractivity contribution in [2.75, 3.05) is 0 Å². The van der Waals surface area contributed by atoms with E-state index in [9.17, 15) is 9.59 Å². The summed E-state index contributed by atoms with van der Waals surface area (Å²) in [6.07, 6.45) is 4.25. The minimum atomic E-state index is -0.807. The molecule has 2 unspecified atom stereocenters. The smallest absolute Gasteiger partial charge is 0.324 e. The van der Waals surface area contributed by atoms with E-state index in [0.29, 0.717) is 12.3 Å². The van der Waals surface area contributed by atoms with E-state index in [0.717, 1.165) is 12.0 Å². The molecule has 0 aromatic heterocycles. The summed E-state index contributed by atoms with van der Waals surface area (Å²) in [5, 5.41) is 5.88. The molecule has 0 saturated carbocycles. The Kier molecular flexibility index (Phi) is 9.39. The summed E-state index contributed by atoms with van der Waals surface area (Å²) in [7, 11) is 0. The lowest BCUT2D eigenvalue weighted by atomic mass is 9.32. The average Bonchev–Trinajstić information content (AvgIpc) is 2.77. The molecule has 2 amide bonds. The second-order valence-corrected chi connectivity index (χ2v) is 10.3. The number of rotatable bonds is 9. The Hall–Kier alpha value is -2.74. The molecule has 34 heavy (non-hydrogen) atoms. The number of hydrogen-bond acceptors (Lipinski definition) is 4. The Bertz CT molecular complexity index is 925. The largest absolute Gasteiger partial charge is 0.428 e. The van der Waals surface area contributed by atoms with Crippen molar-refractivity contribution < 1.29 is 14.2 Å². The first-order chi connectivity index (χ1) is 15.9. The van der Waals surface area contributed by atoms with Crippen molar-refractivity contribution in [3.05, 3.63) is 48.2 Å². The molecule has 1 aliphatic heterocycles. The summed E-state index contributed by atoms with van der Waals surface area (Å²) in [4.78, 5) is 34.1. The molecule has 0 spiro atoms. The molecule has 7 nitrogen and oxygen atoms in total. The number of carbonyl (C=O) groups is 2. The lowest BCUT2D eigenvalue weighted by Crippen LogP contribution is -2.70. The van der Waals surface area contributed by atoms with E-state index < -0.39 is 11.9 Å². The molecule has 0 bridgehead atoms. The maximum Gasteiger partial charge on any atom is 0.324 e. The van der Waals surface area contributed by atoms with Gasteiger partial charge < -0.3 is 15.3 Å². The molecule has 0 aliphatic carbocycles. The second-order valence-electron chi connectivity index (χ2n) is 10.3. The maximum atomic E-state index is 13.5. The van der Waals surface area contributed by atoms with Gasteiger partial charge in [-0.3, -0.25) is 9.59 Å². The van der Waals surface area contributed by atoms with Crippen molar-refractivity contribution >= 4 is 31.3 Å². The van der Waals surface area contributed by atoms with Crippen molar-refractivity contribution in [1.82, 2.24) is 10.6 Å². The van der Waals surface area contributed by atoms with Crippen LogP contribution in [0.4, 0.5) is 0 Å². The van der Waals surface area contributed by atoms with Crippen LogP contribution in [0.25, 0.3) is 0 Å². The van der Waals surface area contributed by atoms with Crippen LogP contribution in [0.5, 0.6) is 0 Å². The Balaban J connectivity index is 2.28. The Morgan fingerprint density at radius 2 is 1.79 bits per heavy atom. The van der Waals surface area contributed by atoms with Crippen LogP contribution in [0.2, 0.25) is 5.31 Å².